The number of ether oxygens (including phenoxy) is 1. The van der Waals surface area contributed by atoms with E-state index in [-0.39, 0.29) is 11.8 Å². The lowest BCUT2D eigenvalue weighted by Gasteiger charge is -2.15. The Hall–Kier alpha value is -2.53. The van der Waals surface area contributed by atoms with Gasteiger partial charge in [-0.2, -0.15) is 0 Å². The number of carbonyl (C=O) groups is 1. The van der Waals surface area contributed by atoms with Gasteiger partial charge in [-0.15, -0.1) is 0 Å². The summed E-state index contributed by atoms with van der Waals surface area (Å²) in [7, 11) is 0. The van der Waals surface area contributed by atoms with E-state index in [1.165, 1.54) is 0 Å². The van der Waals surface area contributed by atoms with E-state index in [1.54, 1.807) is 0 Å². The first-order valence-corrected chi connectivity index (χ1v) is 10.2. The number of hydrogen-bond acceptors (Lipinski definition) is 3. The average molecular weight is 398 g/mol. The summed E-state index contributed by atoms with van der Waals surface area (Å²) in [5.74, 6) is 2.07. The molecule has 0 aliphatic carbocycles. The predicted molar refractivity (Wildman–Crippen MR) is 111 cm³/mol. The minimum Gasteiger partial charge on any atom is -0.492 e. The van der Waals surface area contributed by atoms with Crippen LogP contribution in [0.3, 0.4) is 0 Å². The molecule has 2 aromatic carbocycles. The van der Waals surface area contributed by atoms with Gasteiger partial charge in [-0.05, 0) is 37.6 Å². The third-order valence-electron chi connectivity index (χ3n) is 5.27. The number of benzene rings is 2. The maximum absolute atomic E-state index is 12.2. The van der Waals surface area contributed by atoms with Crippen LogP contribution >= 0.6 is 11.6 Å². The smallest absolute Gasteiger partial charge is 0.223 e. The Morgan fingerprint density at radius 1 is 1.18 bits per heavy atom. The Balaban J connectivity index is 1.51. The van der Waals surface area contributed by atoms with Crippen LogP contribution in [0.2, 0.25) is 5.02 Å². The van der Waals surface area contributed by atoms with E-state index in [0.717, 1.165) is 42.9 Å². The van der Waals surface area contributed by atoms with Crippen molar-refractivity contribution < 1.29 is 9.53 Å². The molecule has 3 aromatic rings. The molecule has 28 heavy (non-hydrogen) atoms. The maximum Gasteiger partial charge on any atom is 0.223 e. The number of rotatable bonds is 7. The van der Waals surface area contributed by atoms with Crippen LogP contribution in [0.1, 0.15) is 31.5 Å². The molecular formula is C22H24ClN3O2. The number of amides is 1. The highest BCUT2D eigenvalue weighted by Crippen LogP contribution is 2.30. The summed E-state index contributed by atoms with van der Waals surface area (Å²) < 4.78 is 8.09. The van der Waals surface area contributed by atoms with Crippen molar-refractivity contribution in [2.75, 3.05) is 19.7 Å². The third-order valence-corrected chi connectivity index (χ3v) is 5.58. The molecule has 1 amide bonds. The Kier molecular flexibility index (Phi) is 5.53. The van der Waals surface area contributed by atoms with E-state index in [0.29, 0.717) is 23.8 Å². The van der Waals surface area contributed by atoms with Crippen molar-refractivity contribution in [1.29, 1.82) is 0 Å². The molecule has 2 heterocycles. The summed E-state index contributed by atoms with van der Waals surface area (Å²) in [4.78, 5) is 19.0. The summed E-state index contributed by atoms with van der Waals surface area (Å²) >= 11 is 6.16. The largest absolute Gasteiger partial charge is 0.492 e. The minimum atomic E-state index is 0.143. The number of fused-ring (bicyclic) bond motifs is 1. The summed E-state index contributed by atoms with van der Waals surface area (Å²) in [6, 6.07) is 15.7. The molecule has 5 nitrogen and oxygen atoms in total. The van der Waals surface area contributed by atoms with Crippen molar-refractivity contribution in [3.8, 4) is 5.75 Å². The number of likely N-dealkylation sites (N-methyl/N-ethyl adjacent to an activating group) is 1. The molecule has 1 fully saturated rings. The van der Waals surface area contributed by atoms with Gasteiger partial charge < -0.3 is 14.2 Å². The van der Waals surface area contributed by atoms with Crippen molar-refractivity contribution in [1.82, 2.24) is 14.5 Å². The SMILES string of the molecule is CCN1CC(c2nc3ccccc3n2CCCOc2ccccc2Cl)CC1=O. The lowest BCUT2D eigenvalue weighted by Crippen LogP contribution is -2.24. The number of aryl methyl sites for hydroxylation is 1. The molecule has 1 saturated heterocycles. The highest BCUT2D eigenvalue weighted by Gasteiger charge is 2.33. The van der Waals surface area contributed by atoms with Crippen LogP contribution in [0.25, 0.3) is 11.0 Å². The highest BCUT2D eigenvalue weighted by atomic mass is 35.5. The number of nitrogens with zero attached hydrogens (tertiary/aromatic N) is 3. The second-order valence-electron chi connectivity index (χ2n) is 7.08. The van der Waals surface area contributed by atoms with Crippen molar-refractivity contribution >= 4 is 28.5 Å². The third kappa shape index (κ3) is 3.72. The second-order valence-corrected chi connectivity index (χ2v) is 7.48. The molecule has 0 saturated carbocycles. The maximum atomic E-state index is 12.2. The topological polar surface area (TPSA) is 47.4 Å². The summed E-state index contributed by atoms with van der Waals surface area (Å²) in [5, 5.41) is 0.625. The fourth-order valence-electron chi connectivity index (χ4n) is 3.86. The zero-order chi connectivity index (χ0) is 19.5. The predicted octanol–water partition coefficient (Wildman–Crippen LogP) is 4.49. The average Bonchev–Trinajstić information content (AvgIpc) is 3.26. The fourth-order valence-corrected chi connectivity index (χ4v) is 4.05. The van der Waals surface area contributed by atoms with Crippen LogP contribution in [0.5, 0.6) is 5.75 Å². The second kappa shape index (κ2) is 8.23. The number of para-hydroxylation sites is 3. The molecule has 4 rings (SSSR count). The molecule has 0 bridgehead atoms. The molecular weight excluding hydrogens is 374 g/mol. The molecule has 0 N–H and O–H groups in total. The van der Waals surface area contributed by atoms with Gasteiger partial charge in [0.25, 0.3) is 0 Å². The van der Waals surface area contributed by atoms with Crippen molar-refractivity contribution in [2.24, 2.45) is 0 Å². The van der Waals surface area contributed by atoms with Crippen LogP contribution in [-0.2, 0) is 11.3 Å². The van der Waals surface area contributed by atoms with Crippen LogP contribution in [-0.4, -0.2) is 40.1 Å². The first-order chi connectivity index (χ1) is 13.7. The number of likely N-dealkylation sites (tertiary alicyclic amines) is 1. The van der Waals surface area contributed by atoms with E-state index in [4.69, 9.17) is 21.3 Å². The quantitative estimate of drug-likeness (QED) is 0.551. The van der Waals surface area contributed by atoms with Crippen molar-refractivity contribution in [3.63, 3.8) is 0 Å². The number of aromatic nitrogens is 2. The highest BCUT2D eigenvalue weighted by molar-refractivity contribution is 6.32. The lowest BCUT2D eigenvalue weighted by molar-refractivity contribution is -0.127. The van der Waals surface area contributed by atoms with Crippen molar-refractivity contribution in [2.45, 2.75) is 32.2 Å². The Morgan fingerprint density at radius 2 is 1.96 bits per heavy atom. The first-order valence-electron chi connectivity index (χ1n) is 9.77. The zero-order valence-corrected chi connectivity index (χ0v) is 16.7. The van der Waals surface area contributed by atoms with E-state index < -0.39 is 0 Å². The number of hydrogen-bond donors (Lipinski definition) is 0. The summed E-state index contributed by atoms with van der Waals surface area (Å²) in [6.07, 6.45) is 1.37. The Bertz CT molecular complexity index is 985. The molecule has 0 spiro atoms. The van der Waals surface area contributed by atoms with Gasteiger partial charge in [-0.3, -0.25) is 4.79 Å². The molecule has 146 valence electrons. The van der Waals surface area contributed by atoms with Gasteiger partial charge in [0.15, 0.2) is 0 Å². The molecule has 1 unspecified atom stereocenters. The molecule has 1 atom stereocenters. The van der Waals surface area contributed by atoms with Gasteiger partial charge in [0.1, 0.15) is 11.6 Å². The van der Waals surface area contributed by atoms with Crippen LogP contribution < -0.4 is 4.74 Å². The van der Waals surface area contributed by atoms with Gasteiger partial charge in [0.05, 0.1) is 22.7 Å². The Labute approximate surface area is 169 Å². The van der Waals surface area contributed by atoms with Crippen LogP contribution in [0, 0.1) is 0 Å². The van der Waals surface area contributed by atoms with Gasteiger partial charge in [0, 0.05) is 32.0 Å². The molecule has 1 aromatic heterocycles. The van der Waals surface area contributed by atoms with E-state index in [2.05, 4.69) is 10.6 Å². The van der Waals surface area contributed by atoms with Gasteiger partial charge in [-0.1, -0.05) is 35.9 Å². The van der Waals surface area contributed by atoms with E-state index in [1.807, 2.05) is 54.3 Å². The zero-order valence-electron chi connectivity index (χ0n) is 16.0. The molecule has 1 aliphatic rings. The van der Waals surface area contributed by atoms with Crippen LogP contribution in [0.15, 0.2) is 48.5 Å². The summed E-state index contributed by atoms with van der Waals surface area (Å²) in [6.45, 7) is 4.88. The number of imidazole rings is 1. The van der Waals surface area contributed by atoms with E-state index >= 15 is 0 Å². The standard InChI is InChI=1S/C22H24ClN3O2/c1-2-25-15-16(14-21(25)27)22-24-18-9-4-5-10-19(18)26(22)12-7-13-28-20-11-6-3-8-17(20)23/h3-6,8-11,16H,2,7,12-15H2,1H3. The van der Waals surface area contributed by atoms with E-state index in [9.17, 15) is 4.79 Å². The molecule has 1 aliphatic heterocycles. The summed E-state index contributed by atoms with van der Waals surface area (Å²) in [5.41, 5.74) is 2.09. The fraction of sp³-hybridized carbons (Fsp3) is 0.364. The molecule has 6 heteroatoms. The minimum absolute atomic E-state index is 0.143. The Morgan fingerprint density at radius 3 is 2.75 bits per heavy atom. The van der Waals surface area contributed by atoms with Gasteiger partial charge in [0.2, 0.25) is 5.91 Å². The molecule has 0 radical (unpaired) electrons. The van der Waals surface area contributed by atoms with Gasteiger partial charge in [-0.25, -0.2) is 4.98 Å². The normalized spacial score (nSPS) is 16.9. The van der Waals surface area contributed by atoms with Gasteiger partial charge >= 0.3 is 0 Å². The number of carbonyl (C=O) groups excluding carboxylic acids is 1. The van der Waals surface area contributed by atoms with Crippen molar-refractivity contribution in [3.05, 3.63) is 59.4 Å². The first kappa shape index (κ1) is 18.8. The lowest BCUT2D eigenvalue weighted by atomic mass is 10.1. The number of halogens is 1. The monoisotopic (exact) mass is 397 g/mol. The van der Waals surface area contributed by atoms with Crippen LogP contribution in [0.4, 0.5) is 0 Å².